The second kappa shape index (κ2) is 3.97. The summed E-state index contributed by atoms with van der Waals surface area (Å²) >= 11 is 3.61. The summed E-state index contributed by atoms with van der Waals surface area (Å²) in [6, 6.07) is 6.64. The van der Waals surface area contributed by atoms with E-state index in [-0.39, 0.29) is 5.54 Å². The van der Waals surface area contributed by atoms with Crippen LogP contribution in [0.15, 0.2) is 22.7 Å². The maximum atomic E-state index is 3.61. The number of rotatable bonds is 0. The zero-order valence-corrected chi connectivity index (χ0v) is 13.0. The van der Waals surface area contributed by atoms with Crippen molar-refractivity contribution in [3.63, 3.8) is 0 Å². The molecule has 0 bridgehead atoms. The Bertz CT molecular complexity index is 478. The fourth-order valence-corrected chi connectivity index (χ4v) is 3.64. The highest BCUT2D eigenvalue weighted by Gasteiger charge is 2.46. The molecule has 18 heavy (non-hydrogen) atoms. The molecule has 3 heteroatoms. The molecule has 0 unspecified atom stereocenters. The number of hydrogen-bond donors (Lipinski definition) is 1. The van der Waals surface area contributed by atoms with Crippen molar-refractivity contribution < 1.29 is 0 Å². The molecule has 0 amide bonds. The van der Waals surface area contributed by atoms with Crippen LogP contribution in [-0.2, 0) is 5.41 Å². The molecule has 2 aliphatic heterocycles. The van der Waals surface area contributed by atoms with Gasteiger partial charge in [-0.2, -0.15) is 0 Å². The van der Waals surface area contributed by atoms with Gasteiger partial charge in [0.1, 0.15) is 0 Å². The van der Waals surface area contributed by atoms with E-state index in [4.69, 9.17) is 0 Å². The summed E-state index contributed by atoms with van der Waals surface area (Å²) in [6.07, 6.45) is 1.26. The molecule has 0 saturated carbocycles. The summed E-state index contributed by atoms with van der Waals surface area (Å²) in [5.41, 5.74) is 3.43. The second-order valence-electron chi connectivity index (χ2n) is 6.67. The van der Waals surface area contributed by atoms with Gasteiger partial charge in [0, 0.05) is 34.2 Å². The van der Waals surface area contributed by atoms with Crippen molar-refractivity contribution in [2.45, 2.75) is 38.1 Å². The van der Waals surface area contributed by atoms with Crippen molar-refractivity contribution in [1.82, 2.24) is 4.90 Å². The van der Waals surface area contributed by atoms with Gasteiger partial charge in [0.15, 0.2) is 0 Å². The number of likely N-dealkylation sites (tertiary alicyclic amines) is 1. The highest BCUT2D eigenvalue weighted by molar-refractivity contribution is 9.10. The lowest BCUT2D eigenvalue weighted by molar-refractivity contribution is 0.165. The first-order valence-corrected chi connectivity index (χ1v) is 7.49. The third kappa shape index (κ3) is 1.88. The molecule has 0 radical (unpaired) electrons. The van der Waals surface area contributed by atoms with Crippen LogP contribution in [0.25, 0.3) is 0 Å². The lowest BCUT2D eigenvalue weighted by Gasteiger charge is -2.33. The Kier molecular flexibility index (Phi) is 2.76. The van der Waals surface area contributed by atoms with Gasteiger partial charge in [-0.1, -0.05) is 15.9 Å². The predicted octanol–water partition coefficient (Wildman–Crippen LogP) is 3.62. The van der Waals surface area contributed by atoms with Crippen LogP contribution in [0.2, 0.25) is 0 Å². The molecule has 3 rings (SSSR count). The first-order chi connectivity index (χ1) is 8.41. The summed E-state index contributed by atoms with van der Waals surface area (Å²) in [6.45, 7) is 10.4. The zero-order chi connectivity index (χ0) is 13.0. The number of hydrogen-bond acceptors (Lipinski definition) is 2. The molecule has 2 aliphatic rings. The number of nitrogens with one attached hydrogen (secondary N) is 1. The Morgan fingerprint density at radius 1 is 1.33 bits per heavy atom. The zero-order valence-electron chi connectivity index (χ0n) is 11.4. The van der Waals surface area contributed by atoms with Gasteiger partial charge in [0.2, 0.25) is 0 Å². The van der Waals surface area contributed by atoms with Crippen molar-refractivity contribution >= 4 is 21.6 Å². The van der Waals surface area contributed by atoms with Gasteiger partial charge in [-0.25, -0.2) is 0 Å². The standard InChI is InChI=1S/C15H21BrN2/c1-14(2,3)18-7-6-15(10-18)9-17-13-5-4-11(16)8-12(13)15/h4-5,8,17H,6-7,9-10H2,1-3H3/t15-/m1/s1. The largest absolute Gasteiger partial charge is 0.384 e. The molecule has 1 aromatic carbocycles. The van der Waals surface area contributed by atoms with Crippen molar-refractivity contribution in [2.75, 3.05) is 25.0 Å². The molecule has 0 aliphatic carbocycles. The number of benzene rings is 1. The minimum atomic E-state index is 0.276. The lowest BCUT2D eigenvalue weighted by Crippen LogP contribution is -2.42. The molecule has 1 atom stereocenters. The first-order valence-electron chi connectivity index (χ1n) is 6.70. The Morgan fingerprint density at radius 2 is 2.11 bits per heavy atom. The number of anilines is 1. The SMILES string of the molecule is CC(C)(C)N1CC[C@@]2(CNc3ccc(Br)cc32)C1. The monoisotopic (exact) mass is 308 g/mol. The molecule has 1 fully saturated rings. The van der Waals surface area contributed by atoms with Gasteiger partial charge in [-0.3, -0.25) is 4.90 Å². The fourth-order valence-electron chi connectivity index (χ4n) is 3.28. The van der Waals surface area contributed by atoms with E-state index in [1.54, 1.807) is 0 Å². The average molecular weight is 309 g/mol. The van der Waals surface area contributed by atoms with E-state index in [9.17, 15) is 0 Å². The predicted molar refractivity (Wildman–Crippen MR) is 80.3 cm³/mol. The quantitative estimate of drug-likeness (QED) is 0.787. The van der Waals surface area contributed by atoms with Crippen LogP contribution in [0, 0.1) is 0 Å². The van der Waals surface area contributed by atoms with Crippen LogP contribution in [0.1, 0.15) is 32.8 Å². The maximum absolute atomic E-state index is 3.61. The van der Waals surface area contributed by atoms with E-state index < -0.39 is 0 Å². The molecule has 2 nitrogen and oxygen atoms in total. The van der Waals surface area contributed by atoms with Crippen LogP contribution < -0.4 is 5.32 Å². The molecule has 1 saturated heterocycles. The van der Waals surface area contributed by atoms with Crippen molar-refractivity contribution in [1.29, 1.82) is 0 Å². The number of fused-ring (bicyclic) bond motifs is 2. The van der Waals surface area contributed by atoms with Crippen molar-refractivity contribution in [3.8, 4) is 0 Å². The highest BCUT2D eigenvalue weighted by Crippen LogP contribution is 2.45. The molecule has 1 aromatic rings. The van der Waals surface area contributed by atoms with Crippen molar-refractivity contribution in [2.24, 2.45) is 0 Å². The Labute approximate surface area is 118 Å². The molecule has 0 aromatic heterocycles. The van der Waals surface area contributed by atoms with Crippen LogP contribution in [0.5, 0.6) is 0 Å². The third-order valence-electron chi connectivity index (χ3n) is 4.47. The van der Waals surface area contributed by atoms with Gasteiger partial charge in [-0.05, 0) is 57.5 Å². The molecular weight excluding hydrogens is 288 g/mol. The molecule has 1 N–H and O–H groups in total. The summed E-state index contributed by atoms with van der Waals surface area (Å²) in [5, 5.41) is 3.58. The van der Waals surface area contributed by atoms with E-state index in [0.29, 0.717) is 5.41 Å². The smallest absolute Gasteiger partial charge is 0.0380 e. The molecule has 98 valence electrons. The summed E-state index contributed by atoms with van der Waals surface area (Å²) < 4.78 is 1.19. The molecule has 2 heterocycles. The van der Waals surface area contributed by atoms with E-state index in [1.165, 1.54) is 35.2 Å². The van der Waals surface area contributed by atoms with Crippen LogP contribution >= 0.6 is 15.9 Å². The van der Waals surface area contributed by atoms with Gasteiger partial charge in [0.25, 0.3) is 0 Å². The highest BCUT2D eigenvalue weighted by atomic mass is 79.9. The van der Waals surface area contributed by atoms with Crippen LogP contribution in [0.4, 0.5) is 5.69 Å². The first kappa shape index (κ1) is 12.5. The average Bonchev–Trinajstić information content (AvgIpc) is 2.86. The number of halogens is 1. The molecular formula is C15H21BrN2. The van der Waals surface area contributed by atoms with Gasteiger partial charge in [0.05, 0.1) is 0 Å². The number of nitrogens with zero attached hydrogens (tertiary/aromatic N) is 1. The Morgan fingerprint density at radius 3 is 2.78 bits per heavy atom. The van der Waals surface area contributed by atoms with E-state index in [0.717, 1.165) is 6.54 Å². The normalized spacial score (nSPS) is 27.6. The lowest BCUT2D eigenvalue weighted by atomic mass is 9.81. The summed E-state index contributed by atoms with van der Waals surface area (Å²) in [5.74, 6) is 0. The van der Waals surface area contributed by atoms with Crippen LogP contribution in [-0.4, -0.2) is 30.1 Å². The van der Waals surface area contributed by atoms with Gasteiger partial charge >= 0.3 is 0 Å². The van der Waals surface area contributed by atoms with E-state index >= 15 is 0 Å². The summed E-state index contributed by atoms with van der Waals surface area (Å²) in [7, 11) is 0. The minimum Gasteiger partial charge on any atom is -0.384 e. The van der Waals surface area contributed by atoms with Gasteiger partial charge in [-0.15, -0.1) is 0 Å². The maximum Gasteiger partial charge on any atom is 0.0380 e. The Balaban J connectivity index is 1.95. The third-order valence-corrected chi connectivity index (χ3v) is 4.97. The Hall–Kier alpha value is -0.540. The topological polar surface area (TPSA) is 15.3 Å². The second-order valence-corrected chi connectivity index (χ2v) is 7.58. The van der Waals surface area contributed by atoms with E-state index in [2.05, 4.69) is 65.1 Å². The summed E-state index contributed by atoms with van der Waals surface area (Å²) in [4.78, 5) is 2.62. The minimum absolute atomic E-state index is 0.276. The van der Waals surface area contributed by atoms with Gasteiger partial charge < -0.3 is 5.32 Å². The van der Waals surface area contributed by atoms with E-state index in [1.807, 2.05) is 0 Å². The van der Waals surface area contributed by atoms with Crippen LogP contribution in [0.3, 0.4) is 0 Å². The molecule has 1 spiro atoms. The van der Waals surface area contributed by atoms with Crippen molar-refractivity contribution in [3.05, 3.63) is 28.2 Å². The fraction of sp³-hybridized carbons (Fsp3) is 0.600.